The number of aldehydes is 1. The molecule has 0 unspecified atom stereocenters. The average molecular weight is 326 g/mol. The minimum atomic E-state index is 0.452. The molecule has 0 heterocycles. The molecule has 0 aromatic heterocycles. The number of phenolic OH excluding ortho intramolecular Hbond substituents is 1. The van der Waals surface area contributed by atoms with Crippen LogP contribution in [0.25, 0.3) is 0 Å². The molecule has 0 saturated carbocycles. The van der Waals surface area contributed by atoms with E-state index in [2.05, 4.69) is 6.92 Å². The Morgan fingerprint density at radius 3 is 1.96 bits per heavy atom. The molecule has 2 aromatic carbocycles. The van der Waals surface area contributed by atoms with Crippen LogP contribution in [-0.2, 0) is 6.42 Å². The van der Waals surface area contributed by atoms with Crippen LogP contribution in [0.15, 0.2) is 54.6 Å². The zero-order valence-electron chi connectivity index (χ0n) is 14.8. The van der Waals surface area contributed by atoms with Gasteiger partial charge in [-0.05, 0) is 24.5 Å². The van der Waals surface area contributed by atoms with E-state index >= 15 is 0 Å². The summed E-state index contributed by atoms with van der Waals surface area (Å²) >= 11 is 0. The largest absolute Gasteiger partial charge is 0.508 e. The van der Waals surface area contributed by atoms with Gasteiger partial charge in [0.2, 0.25) is 0 Å². The van der Waals surface area contributed by atoms with E-state index in [1.165, 1.54) is 44.9 Å². The number of unbranched alkanes of at least 4 members (excludes halogenated alkanes) is 6. The fourth-order valence-corrected chi connectivity index (χ4v) is 2.53. The second-order valence-electron chi connectivity index (χ2n) is 6.03. The lowest BCUT2D eigenvalue weighted by molar-refractivity contribution is 0.112. The van der Waals surface area contributed by atoms with Gasteiger partial charge in [-0.3, -0.25) is 4.79 Å². The van der Waals surface area contributed by atoms with Gasteiger partial charge in [-0.25, -0.2) is 0 Å². The third kappa shape index (κ3) is 9.14. The minimum absolute atomic E-state index is 0.452. The molecule has 0 atom stereocenters. The van der Waals surface area contributed by atoms with Crippen molar-refractivity contribution in [1.29, 1.82) is 0 Å². The first-order valence-corrected chi connectivity index (χ1v) is 9.05. The van der Waals surface area contributed by atoms with Crippen molar-refractivity contribution in [2.24, 2.45) is 0 Å². The van der Waals surface area contributed by atoms with Gasteiger partial charge in [0.15, 0.2) is 0 Å². The number of benzene rings is 2. The minimum Gasteiger partial charge on any atom is -0.508 e. The smallest absolute Gasteiger partial charge is 0.150 e. The molecule has 2 nitrogen and oxygen atoms in total. The molecule has 130 valence electrons. The lowest BCUT2D eigenvalue weighted by atomic mass is 10.0. The Morgan fingerprint density at radius 1 is 0.792 bits per heavy atom. The monoisotopic (exact) mass is 326 g/mol. The summed E-state index contributed by atoms with van der Waals surface area (Å²) in [5.74, 6) is 0.452. The van der Waals surface area contributed by atoms with E-state index in [0.717, 1.165) is 23.8 Å². The average Bonchev–Trinajstić information content (AvgIpc) is 2.63. The summed E-state index contributed by atoms with van der Waals surface area (Å²) in [6.45, 7) is 2.25. The van der Waals surface area contributed by atoms with Crippen LogP contribution in [-0.4, -0.2) is 11.4 Å². The number of hydrogen-bond donors (Lipinski definition) is 1. The Balaban J connectivity index is 0.000000300. The first kappa shape index (κ1) is 20.0. The highest BCUT2D eigenvalue weighted by Gasteiger charge is 1.98. The molecule has 1 N–H and O–H groups in total. The van der Waals surface area contributed by atoms with E-state index in [1.807, 2.05) is 36.4 Å². The Bertz CT molecular complexity index is 549. The van der Waals surface area contributed by atoms with Gasteiger partial charge >= 0.3 is 0 Å². The van der Waals surface area contributed by atoms with Crippen LogP contribution >= 0.6 is 0 Å². The Kier molecular flexibility index (Phi) is 11.1. The van der Waals surface area contributed by atoms with E-state index in [0.29, 0.717) is 5.75 Å². The molecule has 0 bridgehead atoms. The van der Waals surface area contributed by atoms with Crippen molar-refractivity contribution in [3.05, 3.63) is 65.7 Å². The number of rotatable bonds is 9. The zero-order valence-corrected chi connectivity index (χ0v) is 14.8. The maximum Gasteiger partial charge on any atom is 0.150 e. The summed E-state index contributed by atoms with van der Waals surface area (Å²) in [5.41, 5.74) is 1.82. The van der Waals surface area contributed by atoms with E-state index in [-0.39, 0.29) is 0 Å². The van der Waals surface area contributed by atoms with Gasteiger partial charge in [-0.1, -0.05) is 94.0 Å². The van der Waals surface area contributed by atoms with Gasteiger partial charge in [0.25, 0.3) is 0 Å². The zero-order chi connectivity index (χ0) is 17.5. The first-order valence-electron chi connectivity index (χ1n) is 9.05. The standard InChI is InChI=1S/C15H24O.C7H6O/c1-2-3-4-5-6-7-8-11-14-12-9-10-13-15(14)16;8-6-7-4-2-1-3-5-7/h9-10,12-13,16H,2-8,11H2,1H3;1-6H. The summed E-state index contributed by atoms with van der Waals surface area (Å²) in [5, 5.41) is 9.58. The van der Waals surface area contributed by atoms with Crippen molar-refractivity contribution in [2.45, 2.75) is 58.3 Å². The van der Waals surface area contributed by atoms with Gasteiger partial charge in [-0.2, -0.15) is 0 Å². The Morgan fingerprint density at radius 2 is 1.38 bits per heavy atom. The van der Waals surface area contributed by atoms with Crippen molar-refractivity contribution >= 4 is 6.29 Å². The van der Waals surface area contributed by atoms with Crippen molar-refractivity contribution < 1.29 is 9.90 Å². The van der Waals surface area contributed by atoms with Gasteiger partial charge in [0.05, 0.1) is 0 Å². The molecule has 0 aliphatic rings. The number of hydrogen-bond acceptors (Lipinski definition) is 2. The molecule has 0 fully saturated rings. The summed E-state index contributed by atoms with van der Waals surface area (Å²) in [6.07, 6.45) is 11.1. The number of aromatic hydroxyl groups is 1. The molecule has 0 aliphatic carbocycles. The van der Waals surface area contributed by atoms with E-state index in [1.54, 1.807) is 18.2 Å². The Labute approximate surface area is 146 Å². The highest BCUT2D eigenvalue weighted by atomic mass is 16.3. The third-order valence-electron chi connectivity index (χ3n) is 3.98. The summed E-state index contributed by atoms with van der Waals surface area (Å²) in [6, 6.07) is 16.8. The molecule has 0 radical (unpaired) electrons. The fraction of sp³-hybridized carbons (Fsp3) is 0.409. The van der Waals surface area contributed by atoms with Gasteiger partial charge in [-0.15, -0.1) is 0 Å². The maximum absolute atomic E-state index is 10.0. The van der Waals surface area contributed by atoms with Crippen LogP contribution in [0, 0.1) is 0 Å². The van der Waals surface area contributed by atoms with E-state index in [9.17, 15) is 9.90 Å². The molecule has 0 saturated heterocycles. The van der Waals surface area contributed by atoms with E-state index in [4.69, 9.17) is 0 Å². The van der Waals surface area contributed by atoms with Crippen molar-refractivity contribution in [3.63, 3.8) is 0 Å². The van der Waals surface area contributed by atoms with Crippen LogP contribution < -0.4 is 0 Å². The Hall–Kier alpha value is -2.09. The predicted molar refractivity (Wildman–Crippen MR) is 102 cm³/mol. The maximum atomic E-state index is 10.0. The molecular weight excluding hydrogens is 296 g/mol. The lowest BCUT2D eigenvalue weighted by Crippen LogP contribution is -1.87. The molecule has 2 rings (SSSR count). The van der Waals surface area contributed by atoms with Gasteiger partial charge in [0, 0.05) is 5.56 Å². The predicted octanol–water partition coefficient (Wildman–Crippen LogP) is 6.18. The van der Waals surface area contributed by atoms with Crippen LogP contribution in [0.3, 0.4) is 0 Å². The van der Waals surface area contributed by atoms with Crippen LogP contribution in [0.2, 0.25) is 0 Å². The SMILES string of the molecule is CCCCCCCCCc1ccccc1O.O=Cc1ccccc1. The highest BCUT2D eigenvalue weighted by Crippen LogP contribution is 2.18. The third-order valence-corrected chi connectivity index (χ3v) is 3.98. The van der Waals surface area contributed by atoms with Gasteiger partial charge in [0.1, 0.15) is 12.0 Å². The number of para-hydroxylation sites is 1. The number of carbonyl (C=O) groups is 1. The van der Waals surface area contributed by atoms with Crippen LogP contribution in [0.1, 0.15) is 67.8 Å². The lowest BCUT2D eigenvalue weighted by Gasteiger charge is -2.04. The van der Waals surface area contributed by atoms with Gasteiger partial charge < -0.3 is 5.11 Å². The highest BCUT2D eigenvalue weighted by molar-refractivity contribution is 5.74. The normalized spacial score (nSPS) is 9.88. The number of carbonyl (C=O) groups excluding carboxylic acids is 1. The van der Waals surface area contributed by atoms with E-state index < -0.39 is 0 Å². The van der Waals surface area contributed by atoms with Crippen molar-refractivity contribution in [3.8, 4) is 5.75 Å². The molecule has 2 heteroatoms. The van der Waals surface area contributed by atoms with Crippen LogP contribution in [0.5, 0.6) is 5.75 Å². The summed E-state index contributed by atoms with van der Waals surface area (Å²) < 4.78 is 0. The van der Waals surface area contributed by atoms with Crippen LogP contribution in [0.4, 0.5) is 0 Å². The van der Waals surface area contributed by atoms with Crippen molar-refractivity contribution in [1.82, 2.24) is 0 Å². The molecule has 0 amide bonds. The fourth-order valence-electron chi connectivity index (χ4n) is 2.53. The molecule has 0 aliphatic heterocycles. The number of aryl methyl sites for hydroxylation is 1. The quantitative estimate of drug-likeness (QED) is 0.441. The molecular formula is C22H30O2. The van der Waals surface area contributed by atoms with Crippen molar-refractivity contribution in [2.75, 3.05) is 0 Å². The second kappa shape index (κ2) is 13.4. The summed E-state index contributed by atoms with van der Waals surface area (Å²) in [4.78, 5) is 10.0. The second-order valence-corrected chi connectivity index (χ2v) is 6.03. The molecule has 2 aromatic rings. The molecule has 24 heavy (non-hydrogen) atoms. The summed E-state index contributed by atoms with van der Waals surface area (Å²) in [7, 11) is 0. The molecule has 0 spiro atoms. The number of phenols is 1. The topological polar surface area (TPSA) is 37.3 Å². The first-order chi connectivity index (χ1) is 11.8.